The Bertz CT molecular complexity index is 1260. The van der Waals surface area contributed by atoms with Gasteiger partial charge >= 0.3 is 6.18 Å². The molecule has 0 N–H and O–H groups in total. The maximum Gasteiger partial charge on any atom is 0.451 e. The van der Waals surface area contributed by atoms with E-state index >= 15 is 0 Å². The van der Waals surface area contributed by atoms with E-state index in [0.29, 0.717) is 40.5 Å². The summed E-state index contributed by atoms with van der Waals surface area (Å²) in [5, 5.41) is 0. The van der Waals surface area contributed by atoms with Gasteiger partial charge in [-0.05, 0) is 48.4 Å². The number of fused-ring (bicyclic) bond motifs is 1. The van der Waals surface area contributed by atoms with E-state index in [2.05, 4.69) is 32.1 Å². The molecule has 1 aliphatic carbocycles. The molecule has 0 spiro atoms. The van der Waals surface area contributed by atoms with Gasteiger partial charge in [0.25, 0.3) is 0 Å². The van der Waals surface area contributed by atoms with Crippen LogP contribution in [0.5, 0.6) is 0 Å². The highest BCUT2D eigenvalue weighted by molar-refractivity contribution is 5.93. The summed E-state index contributed by atoms with van der Waals surface area (Å²) in [6.07, 6.45) is 7.34. The van der Waals surface area contributed by atoms with Crippen molar-refractivity contribution in [2.24, 2.45) is 0 Å². The van der Waals surface area contributed by atoms with E-state index in [1.807, 2.05) is 12.1 Å². The summed E-state index contributed by atoms with van der Waals surface area (Å²) >= 11 is 0. The first-order valence-corrected chi connectivity index (χ1v) is 9.87. The Labute approximate surface area is 175 Å². The van der Waals surface area contributed by atoms with Crippen molar-refractivity contribution in [3.05, 3.63) is 77.8 Å². The number of halogens is 3. The number of nitrogens with zero attached hydrogens (tertiary/aromatic N) is 4. The highest BCUT2D eigenvalue weighted by atomic mass is 19.4. The number of alkyl halides is 3. The summed E-state index contributed by atoms with van der Waals surface area (Å²) in [5.41, 5.74) is 4.11. The van der Waals surface area contributed by atoms with E-state index in [1.165, 1.54) is 30.8 Å². The molecular weight excluding hydrogens is 405 g/mol. The smallest absolute Gasteiger partial charge is 0.451 e. The molecule has 1 fully saturated rings. The van der Waals surface area contributed by atoms with Crippen molar-refractivity contribution in [3.63, 3.8) is 0 Å². The summed E-state index contributed by atoms with van der Waals surface area (Å²) in [4.78, 5) is 15.6. The second-order valence-corrected chi connectivity index (χ2v) is 7.47. The molecule has 0 unspecified atom stereocenters. The minimum absolute atomic E-state index is 0.354. The van der Waals surface area contributed by atoms with Gasteiger partial charge in [-0.2, -0.15) is 13.2 Å². The third kappa shape index (κ3) is 4.05. The molecule has 0 aliphatic heterocycles. The van der Waals surface area contributed by atoms with Gasteiger partial charge in [0.15, 0.2) is 11.5 Å². The molecule has 8 heteroatoms. The highest BCUT2D eigenvalue weighted by Gasteiger charge is 2.34. The summed E-state index contributed by atoms with van der Waals surface area (Å²) in [6.45, 7) is 0. The lowest BCUT2D eigenvalue weighted by molar-refractivity contribution is -0.145. The number of rotatable bonds is 5. The maximum absolute atomic E-state index is 12.6. The Balaban J connectivity index is 1.42. The topological polar surface area (TPSA) is 64.7 Å². The molecule has 1 aromatic carbocycles. The third-order valence-corrected chi connectivity index (χ3v) is 5.14. The standard InChI is InChI=1S/C23H17F3N4O/c24-23(25,26)22-29-12-14(13-30-22)3-1-6-18-19-20(28-10-9-27-19)21(31-18)17-5-2-4-16(11-17)15-7-8-15/h1-2,4-6,9-13,15H,3,7-8H2/b6-1+. The largest absolute Gasteiger partial charge is 0.452 e. The van der Waals surface area contributed by atoms with Crippen LogP contribution < -0.4 is 0 Å². The normalized spacial score (nSPS) is 14.5. The highest BCUT2D eigenvalue weighted by Crippen LogP contribution is 2.42. The average Bonchev–Trinajstić information content (AvgIpc) is 3.56. The number of allylic oxidation sites excluding steroid dienone is 1. The first-order chi connectivity index (χ1) is 15.0. The van der Waals surface area contributed by atoms with Crippen molar-refractivity contribution < 1.29 is 17.6 Å². The molecule has 4 aromatic rings. The quantitative estimate of drug-likeness (QED) is 0.405. The monoisotopic (exact) mass is 422 g/mol. The van der Waals surface area contributed by atoms with Crippen molar-refractivity contribution in [1.82, 2.24) is 19.9 Å². The third-order valence-electron chi connectivity index (χ3n) is 5.14. The summed E-state index contributed by atoms with van der Waals surface area (Å²) in [5.74, 6) is 0.675. The number of hydrogen-bond donors (Lipinski definition) is 0. The van der Waals surface area contributed by atoms with E-state index in [9.17, 15) is 13.2 Å². The van der Waals surface area contributed by atoms with Crippen molar-refractivity contribution in [3.8, 4) is 11.3 Å². The minimum atomic E-state index is -4.55. The zero-order chi connectivity index (χ0) is 21.4. The van der Waals surface area contributed by atoms with Gasteiger partial charge in [-0.1, -0.05) is 24.3 Å². The van der Waals surface area contributed by atoms with Gasteiger partial charge in [-0.15, -0.1) is 0 Å². The Morgan fingerprint density at radius 2 is 1.74 bits per heavy atom. The average molecular weight is 422 g/mol. The molecule has 0 bridgehead atoms. The molecule has 0 atom stereocenters. The van der Waals surface area contributed by atoms with Gasteiger partial charge in [-0.25, -0.2) is 19.9 Å². The SMILES string of the molecule is FC(F)(F)c1ncc(C/C=C/c2oc(-c3cccc(C4CC4)c3)c3nccnc23)cn1. The van der Waals surface area contributed by atoms with Crippen LogP contribution in [0.25, 0.3) is 28.4 Å². The zero-order valence-electron chi connectivity index (χ0n) is 16.3. The second-order valence-electron chi connectivity index (χ2n) is 7.47. The van der Waals surface area contributed by atoms with Crippen molar-refractivity contribution >= 4 is 17.1 Å². The summed E-state index contributed by atoms with van der Waals surface area (Å²) in [7, 11) is 0. The van der Waals surface area contributed by atoms with E-state index in [4.69, 9.17) is 4.42 Å². The lowest BCUT2D eigenvalue weighted by Crippen LogP contribution is -2.10. The van der Waals surface area contributed by atoms with E-state index in [1.54, 1.807) is 24.5 Å². The van der Waals surface area contributed by atoms with Crippen LogP contribution in [0.3, 0.4) is 0 Å². The van der Waals surface area contributed by atoms with Crippen LogP contribution in [0, 0.1) is 0 Å². The van der Waals surface area contributed by atoms with Crippen LogP contribution in [0.4, 0.5) is 13.2 Å². The number of benzene rings is 1. The molecule has 156 valence electrons. The van der Waals surface area contributed by atoms with Crippen molar-refractivity contribution in [1.29, 1.82) is 0 Å². The molecular formula is C23H17F3N4O. The number of aromatic nitrogens is 4. The van der Waals surface area contributed by atoms with Gasteiger partial charge in [0.1, 0.15) is 11.0 Å². The molecule has 5 rings (SSSR count). The van der Waals surface area contributed by atoms with Gasteiger partial charge in [0.05, 0.1) is 0 Å². The molecule has 5 nitrogen and oxygen atoms in total. The maximum atomic E-state index is 12.6. The number of furan rings is 1. The Hall–Kier alpha value is -3.55. The summed E-state index contributed by atoms with van der Waals surface area (Å²) in [6, 6.07) is 8.28. The van der Waals surface area contributed by atoms with Crippen LogP contribution in [0.1, 0.15) is 41.5 Å². The Morgan fingerprint density at radius 3 is 2.45 bits per heavy atom. The van der Waals surface area contributed by atoms with Crippen LogP contribution in [0.2, 0.25) is 0 Å². The predicted octanol–water partition coefficient (Wildman–Crippen LogP) is 5.83. The van der Waals surface area contributed by atoms with Gasteiger partial charge < -0.3 is 4.42 Å². The summed E-state index contributed by atoms with van der Waals surface area (Å²) < 4.78 is 43.9. The second kappa shape index (κ2) is 7.61. The lowest BCUT2D eigenvalue weighted by atomic mass is 10.1. The van der Waals surface area contributed by atoms with Gasteiger partial charge in [-0.3, -0.25) is 0 Å². The van der Waals surface area contributed by atoms with Gasteiger partial charge in [0.2, 0.25) is 5.82 Å². The fraction of sp³-hybridized carbons (Fsp3) is 0.217. The van der Waals surface area contributed by atoms with E-state index < -0.39 is 12.0 Å². The number of hydrogen-bond acceptors (Lipinski definition) is 5. The molecule has 0 radical (unpaired) electrons. The molecule has 1 aliphatic rings. The van der Waals surface area contributed by atoms with Gasteiger partial charge in [0, 0.05) is 30.4 Å². The predicted molar refractivity (Wildman–Crippen MR) is 109 cm³/mol. The lowest BCUT2D eigenvalue weighted by Gasteiger charge is -2.04. The van der Waals surface area contributed by atoms with Crippen LogP contribution in [-0.2, 0) is 12.6 Å². The van der Waals surface area contributed by atoms with Crippen LogP contribution >= 0.6 is 0 Å². The van der Waals surface area contributed by atoms with E-state index in [-0.39, 0.29) is 0 Å². The fourth-order valence-electron chi connectivity index (χ4n) is 3.46. The molecule has 3 heterocycles. The molecule has 1 saturated carbocycles. The Kier molecular flexibility index (Phi) is 4.77. The first-order valence-electron chi connectivity index (χ1n) is 9.87. The van der Waals surface area contributed by atoms with E-state index in [0.717, 1.165) is 5.56 Å². The Morgan fingerprint density at radius 1 is 1.00 bits per heavy atom. The van der Waals surface area contributed by atoms with Crippen molar-refractivity contribution in [2.45, 2.75) is 31.4 Å². The molecule has 3 aromatic heterocycles. The van der Waals surface area contributed by atoms with Crippen LogP contribution in [0.15, 0.2) is 59.5 Å². The fourth-order valence-corrected chi connectivity index (χ4v) is 3.46. The zero-order valence-corrected chi connectivity index (χ0v) is 16.3. The molecule has 0 saturated heterocycles. The minimum Gasteiger partial charge on any atom is -0.452 e. The van der Waals surface area contributed by atoms with Crippen molar-refractivity contribution in [2.75, 3.05) is 0 Å². The first kappa shape index (κ1) is 19.4. The van der Waals surface area contributed by atoms with Crippen LogP contribution in [-0.4, -0.2) is 19.9 Å². The molecule has 0 amide bonds. The molecule has 31 heavy (non-hydrogen) atoms.